The number of rotatable bonds is 2. The summed E-state index contributed by atoms with van der Waals surface area (Å²) in [6.45, 7) is 1.07. The number of carbonyl (C=O) groups is 1. The second-order valence-electron chi connectivity index (χ2n) is 2.76. The van der Waals surface area contributed by atoms with Crippen LogP contribution in [0.3, 0.4) is 0 Å². The Bertz CT molecular complexity index is 222. The van der Waals surface area contributed by atoms with E-state index < -0.39 is 0 Å². The van der Waals surface area contributed by atoms with Gasteiger partial charge in [-0.2, -0.15) is 0 Å². The summed E-state index contributed by atoms with van der Waals surface area (Å²) in [6.07, 6.45) is -0.444. The van der Waals surface area contributed by atoms with Gasteiger partial charge in [-0.15, -0.1) is 0 Å². The molecule has 1 atom stereocenters. The van der Waals surface area contributed by atoms with E-state index in [1.54, 1.807) is 7.05 Å². The number of cyclic esters (lactones) is 1. The van der Waals surface area contributed by atoms with Gasteiger partial charge in [-0.05, 0) is 12.2 Å². The molecule has 1 fully saturated rings. The highest BCUT2D eigenvalue weighted by atomic mass is 32.1. The lowest BCUT2D eigenvalue weighted by molar-refractivity contribution is 0.135. The third-order valence-electron chi connectivity index (χ3n) is 1.72. The van der Waals surface area contributed by atoms with E-state index in [0.29, 0.717) is 18.3 Å². The number of carbonyl (C=O) groups excluding carboxylic acids is 1. The molecule has 1 aliphatic heterocycles. The lowest BCUT2D eigenvalue weighted by atomic mass is 10.3. The molecule has 0 aromatic carbocycles. The molecule has 6 heteroatoms. The molecule has 0 bridgehead atoms. The Balaban J connectivity index is 2.24. The first kappa shape index (κ1) is 10.0. The minimum Gasteiger partial charge on any atom is -0.474 e. The number of hydrogen-bond donors (Lipinski definition) is 1. The van der Waals surface area contributed by atoms with Crippen molar-refractivity contribution in [1.29, 1.82) is 0 Å². The van der Waals surface area contributed by atoms with Crippen molar-refractivity contribution in [2.24, 2.45) is 0 Å². The van der Waals surface area contributed by atoms with Gasteiger partial charge in [0.2, 0.25) is 0 Å². The predicted octanol–water partition coefficient (Wildman–Crippen LogP) is -0.0421. The molecular formula is C7H12N2O3S. The number of amides is 1. The Morgan fingerprint density at radius 1 is 1.92 bits per heavy atom. The number of ether oxygens (including phenoxy) is 2. The summed E-state index contributed by atoms with van der Waals surface area (Å²) in [6, 6.07) is 0. The Hall–Kier alpha value is -1.04. The third-order valence-corrected chi connectivity index (χ3v) is 2.03. The summed E-state index contributed by atoms with van der Waals surface area (Å²) in [7, 11) is 3.18. The van der Waals surface area contributed by atoms with E-state index in [4.69, 9.17) is 21.7 Å². The molecule has 0 radical (unpaired) electrons. The zero-order chi connectivity index (χ0) is 9.84. The van der Waals surface area contributed by atoms with Crippen LogP contribution in [0.2, 0.25) is 0 Å². The largest absolute Gasteiger partial charge is 0.474 e. The van der Waals surface area contributed by atoms with Crippen LogP contribution >= 0.6 is 12.2 Å². The third kappa shape index (κ3) is 2.73. The smallest absolute Gasteiger partial charge is 0.410 e. The summed E-state index contributed by atoms with van der Waals surface area (Å²) in [4.78, 5) is 12.4. The normalized spacial score (nSPS) is 21.2. The fraction of sp³-hybridized carbons (Fsp3) is 0.714. The minimum atomic E-state index is -0.296. The van der Waals surface area contributed by atoms with Crippen LogP contribution in [0.4, 0.5) is 4.79 Å². The molecule has 0 aromatic heterocycles. The zero-order valence-corrected chi connectivity index (χ0v) is 8.39. The van der Waals surface area contributed by atoms with E-state index in [1.165, 1.54) is 12.0 Å². The average molecular weight is 204 g/mol. The van der Waals surface area contributed by atoms with Crippen LogP contribution in [-0.4, -0.2) is 49.5 Å². The number of likely N-dealkylation sites (N-methyl/N-ethyl adjacent to an activating group) is 1. The monoisotopic (exact) mass is 204 g/mol. The molecule has 1 heterocycles. The Kier molecular flexibility index (Phi) is 3.30. The zero-order valence-electron chi connectivity index (χ0n) is 7.57. The van der Waals surface area contributed by atoms with Gasteiger partial charge in [0.05, 0.1) is 20.2 Å². The van der Waals surface area contributed by atoms with E-state index in [0.717, 1.165) is 0 Å². The molecule has 0 aromatic rings. The molecular weight excluding hydrogens is 192 g/mol. The summed E-state index contributed by atoms with van der Waals surface area (Å²) >= 11 is 4.76. The van der Waals surface area contributed by atoms with E-state index in [1.807, 2.05) is 0 Å². The molecule has 5 nitrogen and oxygen atoms in total. The van der Waals surface area contributed by atoms with Crippen molar-refractivity contribution < 1.29 is 14.3 Å². The van der Waals surface area contributed by atoms with Crippen LogP contribution in [0.15, 0.2) is 0 Å². The number of hydrogen-bond acceptors (Lipinski definition) is 4. The van der Waals surface area contributed by atoms with Crippen molar-refractivity contribution in [3.8, 4) is 0 Å². The van der Waals surface area contributed by atoms with Crippen LogP contribution in [0.1, 0.15) is 0 Å². The number of methoxy groups -OCH3 is 1. The topological polar surface area (TPSA) is 50.8 Å². The first-order chi connectivity index (χ1) is 6.13. The Morgan fingerprint density at radius 3 is 3.08 bits per heavy atom. The van der Waals surface area contributed by atoms with Crippen molar-refractivity contribution in [3.63, 3.8) is 0 Å². The standard InChI is InChI=1S/C7H12N2O3S/c1-9-4-5(12-7(9)10)3-8-6(13)11-2/h5H,3-4H2,1-2H3,(H,8,13). The SMILES string of the molecule is COC(=S)NCC1CN(C)C(=O)O1. The lowest BCUT2D eigenvalue weighted by Gasteiger charge is -2.09. The van der Waals surface area contributed by atoms with Crippen molar-refractivity contribution in [1.82, 2.24) is 10.2 Å². The first-order valence-electron chi connectivity index (χ1n) is 3.87. The van der Waals surface area contributed by atoms with Crippen molar-refractivity contribution >= 4 is 23.5 Å². The van der Waals surface area contributed by atoms with E-state index in [9.17, 15) is 4.79 Å². The molecule has 0 spiro atoms. The second kappa shape index (κ2) is 4.27. The van der Waals surface area contributed by atoms with E-state index >= 15 is 0 Å². The molecule has 1 unspecified atom stereocenters. The quantitative estimate of drug-likeness (QED) is 0.639. The maximum absolute atomic E-state index is 10.9. The summed E-state index contributed by atoms with van der Waals surface area (Å²) < 4.78 is 9.71. The van der Waals surface area contributed by atoms with E-state index in [-0.39, 0.29) is 12.2 Å². The van der Waals surface area contributed by atoms with Crippen molar-refractivity contribution in [3.05, 3.63) is 0 Å². The van der Waals surface area contributed by atoms with Gasteiger partial charge < -0.3 is 19.7 Å². The number of nitrogens with zero attached hydrogens (tertiary/aromatic N) is 1. The Labute approximate surface area is 82.0 Å². The highest BCUT2D eigenvalue weighted by Crippen LogP contribution is 2.07. The van der Waals surface area contributed by atoms with Gasteiger partial charge >= 0.3 is 6.09 Å². The molecule has 0 aliphatic carbocycles. The first-order valence-corrected chi connectivity index (χ1v) is 4.28. The van der Waals surface area contributed by atoms with Crippen LogP contribution in [0.5, 0.6) is 0 Å². The predicted molar refractivity (Wildman–Crippen MR) is 50.5 cm³/mol. The maximum atomic E-state index is 10.9. The highest BCUT2D eigenvalue weighted by molar-refractivity contribution is 7.80. The summed E-state index contributed by atoms with van der Waals surface area (Å²) in [5.41, 5.74) is 0. The minimum absolute atomic E-state index is 0.148. The van der Waals surface area contributed by atoms with Crippen LogP contribution in [0, 0.1) is 0 Å². The van der Waals surface area contributed by atoms with Crippen molar-refractivity contribution in [2.45, 2.75) is 6.10 Å². The van der Waals surface area contributed by atoms with Crippen molar-refractivity contribution in [2.75, 3.05) is 27.2 Å². The number of nitrogens with one attached hydrogen (secondary N) is 1. The molecule has 13 heavy (non-hydrogen) atoms. The fourth-order valence-electron chi connectivity index (χ4n) is 1.03. The molecule has 74 valence electrons. The van der Waals surface area contributed by atoms with Gasteiger partial charge in [-0.25, -0.2) is 4.79 Å². The molecule has 1 N–H and O–H groups in total. The maximum Gasteiger partial charge on any atom is 0.410 e. The molecule has 1 amide bonds. The molecule has 1 saturated heterocycles. The Morgan fingerprint density at radius 2 is 2.62 bits per heavy atom. The van der Waals surface area contributed by atoms with Gasteiger partial charge in [0.1, 0.15) is 6.10 Å². The van der Waals surface area contributed by atoms with Gasteiger partial charge in [0.25, 0.3) is 5.17 Å². The summed E-state index contributed by atoms with van der Waals surface area (Å²) in [5.74, 6) is 0. The van der Waals surface area contributed by atoms with Crippen LogP contribution in [-0.2, 0) is 9.47 Å². The second-order valence-corrected chi connectivity index (χ2v) is 3.13. The lowest BCUT2D eigenvalue weighted by Crippen LogP contribution is -2.33. The van der Waals surface area contributed by atoms with Crippen LogP contribution in [0.25, 0.3) is 0 Å². The average Bonchev–Trinajstić information content (AvgIpc) is 2.42. The van der Waals surface area contributed by atoms with Gasteiger partial charge in [0.15, 0.2) is 0 Å². The molecule has 1 aliphatic rings. The van der Waals surface area contributed by atoms with Crippen LogP contribution < -0.4 is 5.32 Å². The summed E-state index contributed by atoms with van der Waals surface area (Å²) in [5, 5.41) is 3.13. The van der Waals surface area contributed by atoms with Gasteiger partial charge in [-0.3, -0.25) is 0 Å². The highest BCUT2D eigenvalue weighted by Gasteiger charge is 2.27. The van der Waals surface area contributed by atoms with Gasteiger partial charge in [-0.1, -0.05) is 0 Å². The molecule has 1 rings (SSSR count). The van der Waals surface area contributed by atoms with Gasteiger partial charge in [0, 0.05) is 7.05 Å². The number of thiocarbonyl (C=S) groups is 1. The van der Waals surface area contributed by atoms with E-state index in [2.05, 4.69) is 5.32 Å². The fourth-order valence-corrected chi connectivity index (χ4v) is 1.11. The molecule has 0 saturated carbocycles.